The monoisotopic (exact) mass is 360 g/mol. The van der Waals surface area contributed by atoms with Gasteiger partial charge in [0.25, 0.3) is 0 Å². The molecule has 3 aromatic rings. The summed E-state index contributed by atoms with van der Waals surface area (Å²) in [5.74, 6) is 1.59. The molecule has 0 unspecified atom stereocenters. The molecule has 0 aliphatic carbocycles. The first kappa shape index (κ1) is 14.2. The van der Waals surface area contributed by atoms with Gasteiger partial charge in [-0.2, -0.15) is 0 Å². The summed E-state index contributed by atoms with van der Waals surface area (Å²) in [6.07, 6.45) is 2.22. The molecule has 1 aromatic carbocycles. The normalized spacial score (nSPS) is 11.0. The highest BCUT2D eigenvalue weighted by molar-refractivity contribution is 9.10. The number of para-hydroxylation sites is 2. The summed E-state index contributed by atoms with van der Waals surface area (Å²) in [6.45, 7) is 2.03. The molecule has 0 fully saturated rings. The van der Waals surface area contributed by atoms with E-state index < -0.39 is 0 Å². The van der Waals surface area contributed by atoms with Gasteiger partial charge in [0.05, 0.1) is 26.9 Å². The van der Waals surface area contributed by atoms with Crippen molar-refractivity contribution in [3.8, 4) is 5.82 Å². The van der Waals surface area contributed by atoms with E-state index in [0.717, 1.165) is 32.7 Å². The number of imidazole rings is 1. The minimum absolute atomic E-state index is 0.412. The van der Waals surface area contributed by atoms with Crippen molar-refractivity contribution in [2.45, 2.75) is 13.3 Å². The molecule has 21 heavy (non-hydrogen) atoms. The van der Waals surface area contributed by atoms with Crippen LogP contribution in [-0.2, 0) is 6.42 Å². The van der Waals surface area contributed by atoms with Crippen molar-refractivity contribution in [1.82, 2.24) is 14.5 Å². The third-order valence-electron chi connectivity index (χ3n) is 3.24. The Balaban J connectivity index is 2.33. The predicted molar refractivity (Wildman–Crippen MR) is 91.8 cm³/mol. The van der Waals surface area contributed by atoms with Crippen LogP contribution in [0.4, 0.5) is 0 Å². The maximum Gasteiger partial charge on any atom is 0.153 e. The molecule has 0 atom stereocenters. The van der Waals surface area contributed by atoms with Crippen molar-refractivity contribution >= 4 is 44.2 Å². The zero-order valence-electron chi connectivity index (χ0n) is 11.4. The van der Waals surface area contributed by atoms with Gasteiger partial charge < -0.3 is 5.73 Å². The summed E-state index contributed by atoms with van der Waals surface area (Å²) < 4.78 is 2.95. The number of aromatic nitrogens is 3. The molecule has 106 valence electrons. The number of halogens is 1. The van der Waals surface area contributed by atoms with Gasteiger partial charge in [0.1, 0.15) is 5.82 Å². The van der Waals surface area contributed by atoms with Crippen LogP contribution in [0.25, 0.3) is 16.9 Å². The molecule has 2 heterocycles. The lowest BCUT2D eigenvalue weighted by atomic mass is 10.2. The number of fused-ring (bicyclic) bond motifs is 1. The molecule has 0 bridgehead atoms. The second-order valence-electron chi connectivity index (χ2n) is 4.76. The number of nitrogens with two attached hydrogens (primary N) is 1. The molecule has 3 rings (SSSR count). The van der Waals surface area contributed by atoms with Crippen molar-refractivity contribution in [3.63, 3.8) is 0 Å². The summed E-state index contributed by atoms with van der Waals surface area (Å²) in [7, 11) is 0. The van der Waals surface area contributed by atoms with Crippen LogP contribution in [0.2, 0.25) is 0 Å². The Hall–Kier alpha value is -1.79. The molecule has 0 aliphatic rings. The molecule has 4 nitrogen and oxygen atoms in total. The summed E-state index contributed by atoms with van der Waals surface area (Å²) in [5, 5.41) is 0. The molecule has 0 radical (unpaired) electrons. The minimum Gasteiger partial charge on any atom is -0.393 e. The van der Waals surface area contributed by atoms with Crippen molar-refractivity contribution < 1.29 is 0 Å². The first-order chi connectivity index (χ1) is 10.1. The average molecular weight is 361 g/mol. The van der Waals surface area contributed by atoms with Crippen LogP contribution in [0.15, 0.2) is 41.0 Å². The number of aryl methyl sites for hydroxylation is 1. The Morgan fingerprint density at radius 2 is 2.10 bits per heavy atom. The SMILES string of the molecule is Cc1ccnc(-n2c(CC(N)=S)nc3ccccc32)c1Br. The molecule has 2 aromatic heterocycles. The summed E-state index contributed by atoms with van der Waals surface area (Å²) in [6, 6.07) is 9.89. The maximum absolute atomic E-state index is 5.71. The van der Waals surface area contributed by atoms with E-state index in [0.29, 0.717) is 11.4 Å². The number of pyridine rings is 1. The van der Waals surface area contributed by atoms with Gasteiger partial charge in [0.15, 0.2) is 5.82 Å². The number of hydrogen-bond acceptors (Lipinski definition) is 3. The van der Waals surface area contributed by atoms with Crippen LogP contribution in [-0.4, -0.2) is 19.5 Å². The fourth-order valence-electron chi connectivity index (χ4n) is 2.27. The van der Waals surface area contributed by atoms with Gasteiger partial charge in [-0.1, -0.05) is 24.4 Å². The van der Waals surface area contributed by atoms with Crippen molar-refractivity contribution in [2.75, 3.05) is 0 Å². The third-order valence-corrected chi connectivity index (χ3v) is 4.36. The van der Waals surface area contributed by atoms with Crippen LogP contribution < -0.4 is 5.73 Å². The molecule has 0 aliphatic heterocycles. The topological polar surface area (TPSA) is 56.7 Å². The van der Waals surface area contributed by atoms with Gasteiger partial charge in [-0.25, -0.2) is 9.97 Å². The highest BCUT2D eigenvalue weighted by Gasteiger charge is 2.16. The molecule has 0 amide bonds. The molecule has 0 saturated carbocycles. The molecule has 0 spiro atoms. The Bertz CT molecular complexity index is 841. The van der Waals surface area contributed by atoms with Gasteiger partial charge in [0, 0.05) is 6.20 Å². The van der Waals surface area contributed by atoms with Crippen LogP contribution in [0, 0.1) is 6.92 Å². The minimum atomic E-state index is 0.412. The molecule has 6 heteroatoms. The second kappa shape index (κ2) is 5.54. The van der Waals surface area contributed by atoms with Gasteiger partial charge in [-0.15, -0.1) is 0 Å². The summed E-state index contributed by atoms with van der Waals surface area (Å²) >= 11 is 8.66. The number of rotatable bonds is 3. The third kappa shape index (κ3) is 2.56. The average Bonchev–Trinajstić information content (AvgIpc) is 2.79. The van der Waals surface area contributed by atoms with Crippen LogP contribution in [0.5, 0.6) is 0 Å². The van der Waals surface area contributed by atoms with Gasteiger partial charge >= 0.3 is 0 Å². The number of thiocarbonyl (C=S) groups is 1. The standard InChI is InChI=1S/C15H13BrN4S/c1-9-6-7-18-15(14(9)16)20-11-5-3-2-4-10(11)19-13(20)8-12(17)21/h2-7H,8H2,1H3,(H2,17,21). The lowest BCUT2D eigenvalue weighted by molar-refractivity contribution is 0.923. The van der Waals surface area contributed by atoms with E-state index in [-0.39, 0.29) is 0 Å². The smallest absolute Gasteiger partial charge is 0.153 e. The Labute approximate surface area is 136 Å². The van der Waals surface area contributed by atoms with E-state index in [2.05, 4.69) is 25.9 Å². The zero-order valence-corrected chi connectivity index (χ0v) is 13.8. The molecular weight excluding hydrogens is 348 g/mol. The Kier molecular flexibility index (Phi) is 3.73. The van der Waals surface area contributed by atoms with E-state index in [4.69, 9.17) is 18.0 Å². The number of nitrogens with zero attached hydrogens (tertiary/aromatic N) is 3. The van der Waals surface area contributed by atoms with E-state index in [1.54, 1.807) is 6.20 Å². The first-order valence-corrected chi connectivity index (χ1v) is 7.64. The van der Waals surface area contributed by atoms with Gasteiger partial charge in [-0.3, -0.25) is 4.57 Å². The van der Waals surface area contributed by atoms with Crippen molar-refractivity contribution in [2.24, 2.45) is 5.73 Å². The van der Waals surface area contributed by atoms with E-state index >= 15 is 0 Å². The largest absolute Gasteiger partial charge is 0.393 e. The first-order valence-electron chi connectivity index (χ1n) is 6.44. The van der Waals surface area contributed by atoms with Crippen LogP contribution in [0.1, 0.15) is 11.4 Å². The number of benzene rings is 1. The highest BCUT2D eigenvalue weighted by Crippen LogP contribution is 2.27. The molecule has 0 saturated heterocycles. The quantitative estimate of drug-likeness (QED) is 0.727. The van der Waals surface area contributed by atoms with E-state index in [1.165, 1.54) is 0 Å². The van der Waals surface area contributed by atoms with Crippen LogP contribution in [0.3, 0.4) is 0 Å². The van der Waals surface area contributed by atoms with Gasteiger partial charge in [-0.05, 0) is 46.6 Å². The Morgan fingerprint density at radius 1 is 1.33 bits per heavy atom. The van der Waals surface area contributed by atoms with E-state index in [1.807, 2.05) is 41.8 Å². The zero-order chi connectivity index (χ0) is 15.0. The fraction of sp³-hybridized carbons (Fsp3) is 0.133. The maximum atomic E-state index is 5.71. The van der Waals surface area contributed by atoms with Gasteiger partial charge in [0.2, 0.25) is 0 Å². The van der Waals surface area contributed by atoms with Crippen molar-refractivity contribution in [1.29, 1.82) is 0 Å². The predicted octanol–water partition coefficient (Wildman–Crippen LogP) is 3.32. The highest BCUT2D eigenvalue weighted by atomic mass is 79.9. The van der Waals surface area contributed by atoms with Crippen LogP contribution >= 0.6 is 28.1 Å². The van der Waals surface area contributed by atoms with E-state index in [9.17, 15) is 0 Å². The lowest BCUT2D eigenvalue weighted by Gasteiger charge is -2.11. The Morgan fingerprint density at radius 3 is 2.86 bits per heavy atom. The van der Waals surface area contributed by atoms with Crippen molar-refractivity contribution in [3.05, 3.63) is 52.4 Å². The number of hydrogen-bond donors (Lipinski definition) is 1. The summed E-state index contributed by atoms with van der Waals surface area (Å²) in [4.78, 5) is 9.54. The molecule has 2 N–H and O–H groups in total. The lowest BCUT2D eigenvalue weighted by Crippen LogP contribution is -2.15. The second-order valence-corrected chi connectivity index (χ2v) is 6.08. The summed E-state index contributed by atoms with van der Waals surface area (Å²) in [5.41, 5.74) is 8.71. The fourth-order valence-corrected chi connectivity index (χ4v) is 2.81. The molecular formula is C15H13BrN4S.